The van der Waals surface area contributed by atoms with Crippen LogP contribution in [0.4, 0.5) is 0 Å². The summed E-state index contributed by atoms with van der Waals surface area (Å²) in [4.78, 5) is 0. The molecule has 0 aliphatic rings. The normalized spacial score (nSPS) is 16.0. The lowest BCUT2D eigenvalue weighted by Gasteiger charge is -2.18. The monoisotopic (exact) mass is 175 g/mol. The summed E-state index contributed by atoms with van der Waals surface area (Å²) in [6.45, 7) is 5.49. The Kier molecular flexibility index (Phi) is 7.45. The van der Waals surface area contributed by atoms with Crippen LogP contribution >= 0.6 is 0 Å². The maximum absolute atomic E-state index is 5.61. The standard InChI is InChI=1S/C9H21NO2/c1-8(5-4-6-10)12-9(2)7-11-3/h8-9H,4-7,10H2,1-3H3. The zero-order valence-corrected chi connectivity index (χ0v) is 8.38. The Labute approximate surface area is 75.2 Å². The summed E-state index contributed by atoms with van der Waals surface area (Å²) in [5, 5.41) is 0. The Bertz CT molecular complexity index is 98.5. The van der Waals surface area contributed by atoms with Crippen LogP contribution in [0.1, 0.15) is 26.7 Å². The summed E-state index contributed by atoms with van der Waals surface area (Å²) in [6, 6.07) is 0. The van der Waals surface area contributed by atoms with E-state index in [9.17, 15) is 0 Å². The van der Waals surface area contributed by atoms with Crippen molar-refractivity contribution in [3.8, 4) is 0 Å². The van der Waals surface area contributed by atoms with E-state index in [1.807, 2.05) is 6.92 Å². The number of methoxy groups -OCH3 is 1. The van der Waals surface area contributed by atoms with Gasteiger partial charge in [0.25, 0.3) is 0 Å². The number of ether oxygens (including phenoxy) is 2. The van der Waals surface area contributed by atoms with Gasteiger partial charge < -0.3 is 15.2 Å². The summed E-state index contributed by atoms with van der Waals surface area (Å²) >= 11 is 0. The molecule has 0 aromatic rings. The molecule has 2 unspecified atom stereocenters. The number of rotatable bonds is 7. The van der Waals surface area contributed by atoms with Crippen LogP contribution in [0.2, 0.25) is 0 Å². The second-order valence-corrected chi connectivity index (χ2v) is 3.14. The van der Waals surface area contributed by atoms with Gasteiger partial charge >= 0.3 is 0 Å². The minimum Gasteiger partial charge on any atom is -0.382 e. The second kappa shape index (κ2) is 7.53. The Morgan fingerprint density at radius 3 is 2.42 bits per heavy atom. The molecule has 0 aliphatic heterocycles. The number of hydrogen-bond donors (Lipinski definition) is 1. The average Bonchev–Trinajstić information content (AvgIpc) is 2.01. The summed E-state index contributed by atoms with van der Waals surface area (Å²) in [6.07, 6.45) is 2.53. The molecule has 2 atom stereocenters. The van der Waals surface area contributed by atoms with E-state index < -0.39 is 0 Å². The van der Waals surface area contributed by atoms with Gasteiger partial charge in [-0.05, 0) is 33.2 Å². The minimum absolute atomic E-state index is 0.183. The van der Waals surface area contributed by atoms with E-state index in [0.717, 1.165) is 19.4 Å². The molecule has 0 spiro atoms. The summed E-state index contributed by atoms with van der Waals surface area (Å²) in [7, 11) is 1.68. The molecule has 0 radical (unpaired) electrons. The highest BCUT2D eigenvalue weighted by Crippen LogP contribution is 2.04. The van der Waals surface area contributed by atoms with Crippen LogP contribution in [0.25, 0.3) is 0 Å². The van der Waals surface area contributed by atoms with Crippen molar-refractivity contribution in [2.75, 3.05) is 20.3 Å². The summed E-state index contributed by atoms with van der Waals surface area (Å²) in [5.74, 6) is 0. The van der Waals surface area contributed by atoms with Gasteiger partial charge in [0, 0.05) is 7.11 Å². The van der Waals surface area contributed by atoms with E-state index in [4.69, 9.17) is 15.2 Å². The topological polar surface area (TPSA) is 44.5 Å². The van der Waals surface area contributed by atoms with Crippen molar-refractivity contribution < 1.29 is 9.47 Å². The van der Waals surface area contributed by atoms with Crippen LogP contribution in [0, 0.1) is 0 Å². The second-order valence-electron chi connectivity index (χ2n) is 3.14. The van der Waals surface area contributed by atoms with Crippen molar-refractivity contribution in [3.63, 3.8) is 0 Å². The molecule has 0 saturated heterocycles. The number of nitrogens with two attached hydrogens (primary N) is 1. The lowest BCUT2D eigenvalue weighted by Crippen LogP contribution is -2.21. The van der Waals surface area contributed by atoms with Gasteiger partial charge in [0.15, 0.2) is 0 Å². The van der Waals surface area contributed by atoms with Crippen LogP contribution in [-0.4, -0.2) is 32.5 Å². The highest BCUT2D eigenvalue weighted by Gasteiger charge is 2.07. The molecule has 0 aromatic carbocycles. The largest absolute Gasteiger partial charge is 0.382 e. The number of hydrogen-bond acceptors (Lipinski definition) is 3. The van der Waals surface area contributed by atoms with Gasteiger partial charge in [-0.15, -0.1) is 0 Å². The fraction of sp³-hybridized carbons (Fsp3) is 1.00. The molecule has 0 heterocycles. The Balaban J connectivity index is 3.33. The van der Waals surface area contributed by atoms with Crippen LogP contribution in [0.15, 0.2) is 0 Å². The fourth-order valence-electron chi connectivity index (χ4n) is 1.14. The van der Waals surface area contributed by atoms with Gasteiger partial charge in [0.2, 0.25) is 0 Å². The highest BCUT2D eigenvalue weighted by atomic mass is 16.5. The van der Waals surface area contributed by atoms with Gasteiger partial charge in [0.1, 0.15) is 0 Å². The molecule has 0 amide bonds. The van der Waals surface area contributed by atoms with E-state index in [-0.39, 0.29) is 6.10 Å². The first-order chi connectivity index (χ1) is 5.70. The van der Waals surface area contributed by atoms with Crippen LogP contribution in [0.3, 0.4) is 0 Å². The summed E-state index contributed by atoms with van der Waals surface area (Å²) in [5.41, 5.74) is 5.39. The van der Waals surface area contributed by atoms with Gasteiger partial charge in [0.05, 0.1) is 18.8 Å². The zero-order valence-electron chi connectivity index (χ0n) is 8.38. The highest BCUT2D eigenvalue weighted by molar-refractivity contribution is 4.55. The first-order valence-corrected chi connectivity index (χ1v) is 4.55. The maximum atomic E-state index is 5.61. The molecule has 0 aromatic heterocycles. The van der Waals surface area contributed by atoms with Crippen molar-refractivity contribution in [2.24, 2.45) is 5.73 Å². The molecule has 0 bridgehead atoms. The third-order valence-electron chi connectivity index (χ3n) is 1.68. The smallest absolute Gasteiger partial charge is 0.0783 e. The molecule has 0 saturated carbocycles. The SMILES string of the molecule is COCC(C)OC(C)CCCN. The lowest BCUT2D eigenvalue weighted by molar-refractivity contribution is -0.0341. The van der Waals surface area contributed by atoms with Gasteiger partial charge in [-0.1, -0.05) is 0 Å². The first kappa shape index (κ1) is 11.9. The molecule has 0 fully saturated rings. The van der Waals surface area contributed by atoms with Crippen molar-refractivity contribution >= 4 is 0 Å². The first-order valence-electron chi connectivity index (χ1n) is 4.55. The quantitative estimate of drug-likeness (QED) is 0.631. The van der Waals surface area contributed by atoms with Crippen LogP contribution in [0.5, 0.6) is 0 Å². The summed E-state index contributed by atoms with van der Waals surface area (Å²) < 4.78 is 10.6. The molecular formula is C9H21NO2. The van der Waals surface area contributed by atoms with E-state index in [0.29, 0.717) is 12.7 Å². The Morgan fingerprint density at radius 1 is 1.25 bits per heavy atom. The Morgan fingerprint density at radius 2 is 1.92 bits per heavy atom. The molecule has 12 heavy (non-hydrogen) atoms. The molecule has 74 valence electrons. The third kappa shape index (κ3) is 6.58. The van der Waals surface area contributed by atoms with Crippen molar-refractivity contribution in [1.82, 2.24) is 0 Å². The molecular weight excluding hydrogens is 154 g/mol. The van der Waals surface area contributed by atoms with Gasteiger partial charge in [-0.2, -0.15) is 0 Å². The van der Waals surface area contributed by atoms with Crippen molar-refractivity contribution in [2.45, 2.75) is 38.9 Å². The van der Waals surface area contributed by atoms with E-state index in [1.165, 1.54) is 0 Å². The average molecular weight is 175 g/mol. The maximum Gasteiger partial charge on any atom is 0.0783 e. The van der Waals surface area contributed by atoms with Crippen LogP contribution < -0.4 is 5.73 Å². The van der Waals surface area contributed by atoms with Crippen LogP contribution in [-0.2, 0) is 9.47 Å². The molecule has 0 rings (SSSR count). The fourth-order valence-corrected chi connectivity index (χ4v) is 1.14. The molecule has 3 nitrogen and oxygen atoms in total. The molecule has 2 N–H and O–H groups in total. The van der Waals surface area contributed by atoms with Gasteiger partial charge in [-0.25, -0.2) is 0 Å². The Hall–Kier alpha value is -0.120. The van der Waals surface area contributed by atoms with Crippen molar-refractivity contribution in [1.29, 1.82) is 0 Å². The molecule has 0 aliphatic carbocycles. The third-order valence-corrected chi connectivity index (χ3v) is 1.68. The predicted octanol–water partition coefficient (Wildman–Crippen LogP) is 1.17. The van der Waals surface area contributed by atoms with E-state index >= 15 is 0 Å². The zero-order chi connectivity index (χ0) is 9.40. The van der Waals surface area contributed by atoms with E-state index in [2.05, 4.69) is 6.92 Å². The predicted molar refractivity (Wildman–Crippen MR) is 50.2 cm³/mol. The van der Waals surface area contributed by atoms with Gasteiger partial charge in [-0.3, -0.25) is 0 Å². The minimum atomic E-state index is 0.183. The van der Waals surface area contributed by atoms with Crippen molar-refractivity contribution in [3.05, 3.63) is 0 Å². The molecule has 3 heteroatoms. The lowest BCUT2D eigenvalue weighted by atomic mass is 10.2. The van der Waals surface area contributed by atoms with E-state index in [1.54, 1.807) is 7.11 Å².